The average Bonchev–Trinajstić information content (AvgIpc) is 3.19. The van der Waals surface area contributed by atoms with Crippen molar-refractivity contribution in [3.63, 3.8) is 0 Å². The van der Waals surface area contributed by atoms with Crippen molar-refractivity contribution in [1.29, 1.82) is 0 Å². The van der Waals surface area contributed by atoms with E-state index >= 15 is 0 Å². The maximum atomic E-state index is 13.0. The van der Waals surface area contributed by atoms with Gasteiger partial charge in [0.2, 0.25) is 0 Å². The van der Waals surface area contributed by atoms with Gasteiger partial charge < -0.3 is 14.9 Å². The van der Waals surface area contributed by atoms with E-state index in [4.69, 9.17) is 0 Å². The maximum Gasteiger partial charge on any atom is 0.271 e. The fraction of sp³-hybridized carbons (Fsp3) is 0.167. The molecule has 0 radical (unpaired) electrons. The summed E-state index contributed by atoms with van der Waals surface area (Å²) in [6.45, 7) is 6.22. The van der Waals surface area contributed by atoms with Crippen LogP contribution in [0.15, 0.2) is 84.0 Å². The molecule has 1 aliphatic heterocycles. The van der Waals surface area contributed by atoms with E-state index in [1.54, 1.807) is 29.2 Å². The minimum absolute atomic E-state index is 0.0173. The number of aromatic hydroxyl groups is 1. The molecule has 37 heavy (non-hydrogen) atoms. The molecule has 7 heteroatoms. The number of nitrogens with zero attached hydrogens (tertiary/aromatic N) is 3. The number of hydrogen-bond donors (Lipinski definition) is 2. The van der Waals surface area contributed by atoms with Crippen LogP contribution in [0.3, 0.4) is 0 Å². The standard InChI is InChI=1S/C30H28N4O3/c1-3-33(4-2)24-16-15-23(27(35)17-24)18-31-32-29(36)22-13-11-20(12-14-22)19-34-26-10-6-8-21-7-5-9-25(28(21)26)30(34)37/h5-18,35H,3-4,19H2,1-2H3,(H,32,36). The van der Waals surface area contributed by atoms with E-state index in [9.17, 15) is 14.7 Å². The van der Waals surface area contributed by atoms with Crippen LogP contribution < -0.4 is 15.2 Å². The quantitative estimate of drug-likeness (QED) is 0.258. The molecule has 0 saturated heterocycles. The highest BCUT2D eigenvalue weighted by Gasteiger charge is 2.29. The van der Waals surface area contributed by atoms with Crippen molar-refractivity contribution >= 4 is 40.2 Å². The molecule has 0 saturated carbocycles. The van der Waals surface area contributed by atoms with Gasteiger partial charge in [0.25, 0.3) is 11.8 Å². The zero-order valence-electron chi connectivity index (χ0n) is 20.8. The number of benzene rings is 4. The van der Waals surface area contributed by atoms with E-state index in [2.05, 4.69) is 29.3 Å². The van der Waals surface area contributed by atoms with E-state index in [-0.39, 0.29) is 17.6 Å². The lowest BCUT2D eigenvalue weighted by Crippen LogP contribution is -2.26. The van der Waals surface area contributed by atoms with E-state index in [1.807, 2.05) is 54.6 Å². The van der Waals surface area contributed by atoms with Crippen LogP contribution in [-0.2, 0) is 6.54 Å². The third-order valence-corrected chi connectivity index (χ3v) is 6.72. The molecule has 0 aromatic heterocycles. The molecule has 0 unspecified atom stereocenters. The Hall–Kier alpha value is -4.65. The molecule has 0 fully saturated rings. The first-order valence-electron chi connectivity index (χ1n) is 12.3. The summed E-state index contributed by atoms with van der Waals surface area (Å²) in [5, 5.41) is 16.4. The summed E-state index contributed by atoms with van der Waals surface area (Å²) in [6.07, 6.45) is 1.42. The maximum absolute atomic E-state index is 13.0. The first-order chi connectivity index (χ1) is 18.0. The molecule has 4 aromatic rings. The number of phenolic OH excluding ortho intramolecular Hbond substituents is 1. The van der Waals surface area contributed by atoms with Gasteiger partial charge in [0.05, 0.1) is 18.4 Å². The van der Waals surface area contributed by atoms with Crippen molar-refractivity contribution in [1.82, 2.24) is 5.43 Å². The van der Waals surface area contributed by atoms with Gasteiger partial charge in [-0.05, 0) is 61.2 Å². The lowest BCUT2D eigenvalue weighted by molar-refractivity contribution is 0.0953. The molecule has 1 aliphatic rings. The Morgan fingerprint density at radius 1 is 1.00 bits per heavy atom. The Bertz CT molecular complexity index is 1500. The van der Waals surface area contributed by atoms with E-state index in [1.165, 1.54) is 6.21 Å². The molecular formula is C30H28N4O3. The van der Waals surface area contributed by atoms with Crippen molar-refractivity contribution in [2.45, 2.75) is 20.4 Å². The number of anilines is 2. The molecule has 0 spiro atoms. The number of carbonyl (C=O) groups is 2. The van der Waals surface area contributed by atoms with E-state index < -0.39 is 0 Å². The van der Waals surface area contributed by atoms with Crippen molar-refractivity contribution in [3.8, 4) is 5.75 Å². The lowest BCUT2D eigenvalue weighted by Gasteiger charge is -2.21. The molecule has 4 aromatic carbocycles. The van der Waals surface area contributed by atoms with Gasteiger partial charge in [-0.3, -0.25) is 9.59 Å². The second kappa shape index (κ2) is 10.1. The zero-order valence-corrected chi connectivity index (χ0v) is 20.8. The minimum atomic E-state index is -0.364. The predicted molar refractivity (Wildman–Crippen MR) is 148 cm³/mol. The highest BCUT2D eigenvalue weighted by molar-refractivity contribution is 6.24. The fourth-order valence-electron chi connectivity index (χ4n) is 4.73. The van der Waals surface area contributed by atoms with Crippen molar-refractivity contribution in [3.05, 3.63) is 101 Å². The Balaban J connectivity index is 1.23. The van der Waals surface area contributed by atoms with Gasteiger partial charge in [-0.1, -0.05) is 36.4 Å². The Labute approximate surface area is 215 Å². The Morgan fingerprint density at radius 2 is 1.73 bits per heavy atom. The van der Waals surface area contributed by atoms with Crippen LogP contribution in [0.4, 0.5) is 11.4 Å². The molecular weight excluding hydrogens is 464 g/mol. The molecule has 7 nitrogen and oxygen atoms in total. The van der Waals surface area contributed by atoms with Crippen LogP contribution in [-0.4, -0.2) is 36.2 Å². The minimum Gasteiger partial charge on any atom is -0.507 e. The Kier molecular flexibility index (Phi) is 6.60. The van der Waals surface area contributed by atoms with E-state index in [0.717, 1.165) is 46.4 Å². The number of amides is 2. The summed E-state index contributed by atoms with van der Waals surface area (Å²) in [5.41, 5.74) is 6.93. The zero-order chi connectivity index (χ0) is 25.9. The van der Waals surface area contributed by atoms with Crippen LogP contribution in [0.5, 0.6) is 5.75 Å². The van der Waals surface area contributed by atoms with Gasteiger partial charge in [-0.15, -0.1) is 0 Å². The molecule has 0 bridgehead atoms. The number of nitrogens with one attached hydrogen (secondary N) is 1. The average molecular weight is 493 g/mol. The summed E-state index contributed by atoms with van der Waals surface area (Å²) in [7, 11) is 0. The summed E-state index contributed by atoms with van der Waals surface area (Å²) >= 11 is 0. The SMILES string of the molecule is CCN(CC)c1ccc(C=NNC(=O)c2ccc(CN3C(=O)c4cccc5cccc3c45)cc2)c(O)c1. The van der Waals surface area contributed by atoms with Gasteiger partial charge in [0, 0.05) is 46.9 Å². The summed E-state index contributed by atoms with van der Waals surface area (Å²) in [4.78, 5) is 29.5. The number of hydrazone groups is 1. The summed E-state index contributed by atoms with van der Waals surface area (Å²) in [6, 6.07) is 24.2. The Morgan fingerprint density at radius 3 is 2.43 bits per heavy atom. The van der Waals surface area contributed by atoms with Gasteiger partial charge >= 0.3 is 0 Å². The predicted octanol–water partition coefficient (Wildman–Crippen LogP) is 5.32. The number of phenols is 1. The monoisotopic (exact) mass is 492 g/mol. The van der Waals surface area contributed by atoms with Crippen molar-refractivity contribution < 1.29 is 14.7 Å². The molecule has 1 heterocycles. The van der Waals surface area contributed by atoms with Gasteiger partial charge in [0.15, 0.2) is 0 Å². The van der Waals surface area contributed by atoms with Crippen LogP contribution in [0, 0.1) is 0 Å². The second-order valence-electron chi connectivity index (χ2n) is 8.88. The van der Waals surface area contributed by atoms with Crippen LogP contribution in [0.1, 0.15) is 45.7 Å². The molecule has 0 atom stereocenters. The molecule has 5 rings (SSSR count). The first kappa shape index (κ1) is 24.1. The van der Waals surface area contributed by atoms with Crippen molar-refractivity contribution in [2.24, 2.45) is 5.10 Å². The van der Waals surface area contributed by atoms with Crippen LogP contribution in [0.2, 0.25) is 0 Å². The number of carbonyl (C=O) groups excluding carboxylic acids is 2. The summed E-state index contributed by atoms with van der Waals surface area (Å²) in [5.74, 6) is -0.283. The lowest BCUT2D eigenvalue weighted by atomic mass is 10.1. The second-order valence-corrected chi connectivity index (χ2v) is 8.88. The fourth-order valence-corrected chi connectivity index (χ4v) is 4.73. The third-order valence-electron chi connectivity index (χ3n) is 6.72. The first-order valence-corrected chi connectivity index (χ1v) is 12.3. The van der Waals surface area contributed by atoms with Gasteiger partial charge in [0.1, 0.15) is 5.75 Å². The molecule has 2 N–H and O–H groups in total. The number of rotatable bonds is 8. The van der Waals surface area contributed by atoms with Crippen molar-refractivity contribution in [2.75, 3.05) is 22.9 Å². The summed E-state index contributed by atoms with van der Waals surface area (Å²) < 4.78 is 0. The largest absolute Gasteiger partial charge is 0.507 e. The highest BCUT2D eigenvalue weighted by Crippen LogP contribution is 2.38. The number of hydrogen-bond acceptors (Lipinski definition) is 5. The van der Waals surface area contributed by atoms with Gasteiger partial charge in [-0.25, -0.2) is 5.43 Å². The normalized spacial score (nSPS) is 12.5. The molecule has 186 valence electrons. The molecule has 0 aliphatic carbocycles. The third kappa shape index (κ3) is 4.63. The highest BCUT2D eigenvalue weighted by atomic mass is 16.3. The topological polar surface area (TPSA) is 85.2 Å². The molecule has 2 amide bonds. The van der Waals surface area contributed by atoms with Crippen LogP contribution >= 0.6 is 0 Å². The van der Waals surface area contributed by atoms with Crippen LogP contribution in [0.25, 0.3) is 10.8 Å². The van der Waals surface area contributed by atoms with E-state index in [0.29, 0.717) is 17.7 Å². The van der Waals surface area contributed by atoms with Gasteiger partial charge in [-0.2, -0.15) is 5.10 Å². The smallest absolute Gasteiger partial charge is 0.271 e.